The van der Waals surface area contributed by atoms with Crippen LogP contribution < -0.4 is 21.1 Å². The van der Waals surface area contributed by atoms with Gasteiger partial charge in [0.1, 0.15) is 5.75 Å². The monoisotopic (exact) mass is 421 g/mol. The molecule has 8 heteroatoms. The first kappa shape index (κ1) is 20.5. The van der Waals surface area contributed by atoms with Gasteiger partial charge in [0.05, 0.1) is 28.5 Å². The molecule has 3 aliphatic rings. The summed E-state index contributed by atoms with van der Waals surface area (Å²) in [6.45, 7) is 3.06. The molecule has 1 aromatic rings. The Kier molecular flexibility index (Phi) is 5.75. The van der Waals surface area contributed by atoms with Gasteiger partial charge in [-0.3, -0.25) is 4.79 Å². The molecule has 160 valence electrons. The summed E-state index contributed by atoms with van der Waals surface area (Å²) in [5.74, 6) is 0.796. The van der Waals surface area contributed by atoms with E-state index in [-0.39, 0.29) is 34.3 Å². The van der Waals surface area contributed by atoms with Crippen molar-refractivity contribution in [3.63, 3.8) is 0 Å². The van der Waals surface area contributed by atoms with Crippen LogP contribution in [0.15, 0.2) is 11.0 Å². The van der Waals surface area contributed by atoms with E-state index in [1.54, 1.807) is 6.92 Å². The predicted octanol–water partition coefficient (Wildman–Crippen LogP) is 2.04. The van der Waals surface area contributed by atoms with Crippen LogP contribution in [0.3, 0.4) is 0 Å². The lowest BCUT2D eigenvalue weighted by molar-refractivity contribution is 0.0919. The number of carbonyl (C=O) groups is 1. The van der Waals surface area contributed by atoms with E-state index >= 15 is 0 Å². The second-order valence-corrected chi connectivity index (χ2v) is 10.7. The lowest BCUT2D eigenvalue weighted by atomic mass is 9.97. The fourth-order valence-electron chi connectivity index (χ4n) is 4.46. The lowest BCUT2D eigenvalue weighted by Gasteiger charge is -2.27. The minimum atomic E-state index is -3.54. The smallest absolute Gasteiger partial charge is 0.255 e. The third-order valence-electron chi connectivity index (χ3n) is 6.35. The normalized spacial score (nSPS) is 22.6. The molecule has 0 bridgehead atoms. The molecular formula is C21H31N3O4S. The first-order valence-corrected chi connectivity index (χ1v) is 12.4. The van der Waals surface area contributed by atoms with Crippen LogP contribution in [0.1, 0.15) is 61.4 Å². The number of anilines is 1. The minimum Gasteiger partial charge on any atom is -0.492 e. The van der Waals surface area contributed by atoms with Crippen molar-refractivity contribution in [2.45, 2.75) is 68.8 Å². The molecule has 2 fully saturated rings. The largest absolute Gasteiger partial charge is 0.492 e. The quantitative estimate of drug-likeness (QED) is 0.581. The molecule has 1 aromatic carbocycles. The molecule has 2 heterocycles. The van der Waals surface area contributed by atoms with Gasteiger partial charge >= 0.3 is 0 Å². The van der Waals surface area contributed by atoms with Gasteiger partial charge in [0.2, 0.25) is 0 Å². The summed E-state index contributed by atoms with van der Waals surface area (Å²) in [4.78, 5) is 13.4. The second-order valence-electron chi connectivity index (χ2n) is 8.46. The maximum atomic E-state index is 13.3. The Morgan fingerprint density at radius 3 is 2.79 bits per heavy atom. The highest BCUT2D eigenvalue weighted by atomic mass is 32.2. The first-order chi connectivity index (χ1) is 13.9. The molecule has 29 heavy (non-hydrogen) atoms. The summed E-state index contributed by atoms with van der Waals surface area (Å²) in [7, 11) is -3.54. The molecule has 1 amide bonds. The van der Waals surface area contributed by atoms with E-state index in [0.29, 0.717) is 35.8 Å². The Balaban J connectivity index is 1.68. The van der Waals surface area contributed by atoms with E-state index in [1.807, 2.05) is 0 Å². The molecule has 4 rings (SSSR count). The summed E-state index contributed by atoms with van der Waals surface area (Å²) in [5, 5.41) is 6.70. The highest BCUT2D eigenvalue weighted by Gasteiger charge is 2.34. The highest BCUT2D eigenvalue weighted by molar-refractivity contribution is 7.91. The Bertz CT molecular complexity index is 890. The summed E-state index contributed by atoms with van der Waals surface area (Å²) in [6, 6.07) is 1.73. The van der Waals surface area contributed by atoms with Gasteiger partial charge in [-0.2, -0.15) is 0 Å². The Hall–Kier alpha value is -1.80. The Morgan fingerprint density at radius 1 is 1.34 bits per heavy atom. The van der Waals surface area contributed by atoms with Crippen LogP contribution in [-0.2, 0) is 16.3 Å². The van der Waals surface area contributed by atoms with Crippen molar-refractivity contribution in [1.29, 1.82) is 0 Å². The SMILES string of the molecule is CCS(=O)(=O)c1cc(C(=O)NC(CC2CC2)C2CCCN2)c2c(c1N)CCCO2. The Morgan fingerprint density at radius 2 is 2.14 bits per heavy atom. The maximum Gasteiger partial charge on any atom is 0.255 e. The molecule has 0 spiro atoms. The van der Waals surface area contributed by atoms with Gasteiger partial charge in [-0.15, -0.1) is 0 Å². The van der Waals surface area contributed by atoms with Gasteiger partial charge in [-0.25, -0.2) is 8.42 Å². The molecule has 4 N–H and O–H groups in total. The number of fused-ring (bicyclic) bond motifs is 1. The van der Waals surface area contributed by atoms with Gasteiger partial charge in [0.25, 0.3) is 5.91 Å². The number of sulfone groups is 1. The van der Waals surface area contributed by atoms with Crippen LogP contribution in [0.25, 0.3) is 0 Å². The molecule has 2 unspecified atom stereocenters. The third-order valence-corrected chi connectivity index (χ3v) is 8.11. The molecule has 1 aliphatic carbocycles. The zero-order valence-electron chi connectivity index (χ0n) is 17.0. The lowest BCUT2D eigenvalue weighted by Crippen LogP contribution is -2.47. The van der Waals surface area contributed by atoms with Crippen molar-refractivity contribution in [3.8, 4) is 5.75 Å². The summed E-state index contributed by atoms with van der Waals surface area (Å²) < 4.78 is 31.0. The van der Waals surface area contributed by atoms with Gasteiger partial charge in [0, 0.05) is 17.6 Å². The van der Waals surface area contributed by atoms with E-state index in [9.17, 15) is 13.2 Å². The van der Waals surface area contributed by atoms with Crippen molar-refractivity contribution in [1.82, 2.24) is 10.6 Å². The highest BCUT2D eigenvalue weighted by Crippen LogP contribution is 2.39. The van der Waals surface area contributed by atoms with Crippen LogP contribution >= 0.6 is 0 Å². The topological polar surface area (TPSA) is 111 Å². The van der Waals surface area contributed by atoms with Crippen molar-refractivity contribution < 1.29 is 17.9 Å². The van der Waals surface area contributed by atoms with Gasteiger partial charge in [0.15, 0.2) is 9.84 Å². The van der Waals surface area contributed by atoms with Gasteiger partial charge in [-0.05, 0) is 50.6 Å². The van der Waals surface area contributed by atoms with Crippen molar-refractivity contribution in [2.75, 3.05) is 24.6 Å². The number of hydrogen-bond acceptors (Lipinski definition) is 6. The number of carbonyl (C=O) groups excluding carboxylic acids is 1. The minimum absolute atomic E-state index is 0.0422. The van der Waals surface area contributed by atoms with Crippen LogP contribution in [0.2, 0.25) is 0 Å². The zero-order chi connectivity index (χ0) is 20.6. The predicted molar refractivity (Wildman–Crippen MR) is 112 cm³/mol. The second kappa shape index (κ2) is 8.14. The standard InChI is InChI=1S/C21H31N3O4S/c1-2-29(26,27)18-12-15(20-14(19(18)22)5-4-10-28-20)21(25)24-17(11-13-7-8-13)16-6-3-9-23-16/h12-13,16-17,23H,2-11,22H2,1H3,(H,24,25). The Labute approximate surface area is 172 Å². The number of nitrogens with two attached hydrogens (primary N) is 1. The number of benzene rings is 1. The maximum absolute atomic E-state index is 13.3. The zero-order valence-corrected chi connectivity index (χ0v) is 17.8. The number of hydrogen-bond donors (Lipinski definition) is 3. The van der Waals surface area contributed by atoms with E-state index in [2.05, 4.69) is 10.6 Å². The summed E-state index contributed by atoms with van der Waals surface area (Å²) in [5.41, 5.74) is 7.37. The van der Waals surface area contributed by atoms with Gasteiger partial charge < -0.3 is 21.1 Å². The van der Waals surface area contributed by atoms with Crippen molar-refractivity contribution >= 4 is 21.4 Å². The van der Waals surface area contributed by atoms with Crippen LogP contribution in [0.5, 0.6) is 5.75 Å². The van der Waals surface area contributed by atoms with Crippen LogP contribution in [0.4, 0.5) is 5.69 Å². The summed E-state index contributed by atoms with van der Waals surface area (Å²) in [6.07, 6.45) is 6.93. The fourth-order valence-corrected chi connectivity index (χ4v) is 5.53. The van der Waals surface area contributed by atoms with Crippen molar-refractivity contribution in [3.05, 3.63) is 17.2 Å². The molecule has 0 aromatic heterocycles. The van der Waals surface area contributed by atoms with Crippen LogP contribution in [0, 0.1) is 5.92 Å². The van der Waals surface area contributed by atoms with E-state index in [0.717, 1.165) is 32.2 Å². The summed E-state index contributed by atoms with van der Waals surface area (Å²) >= 11 is 0. The third kappa shape index (κ3) is 4.23. The first-order valence-electron chi connectivity index (χ1n) is 10.8. The van der Waals surface area contributed by atoms with Crippen LogP contribution in [-0.4, -0.2) is 45.3 Å². The molecule has 2 aliphatic heterocycles. The number of rotatable bonds is 7. The average molecular weight is 422 g/mol. The molecule has 7 nitrogen and oxygen atoms in total. The number of nitrogen functional groups attached to an aromatic ring is 1. The molecule has 1 saturated heterocycles. The van der Waals surface area contributed by atoms with Crippen molar-refractivity contribution in [2.24, 2.45) is 5.92 Å². The molecule has 1 saturated carbocycles. The van der Waals surface area contributed by atoms with E-state index in [4.69, 9.17) is 10.5 Å². The number of ether oxygens (including phenoxy) is 1. The number of nitrogens with one attached hydrogen (secondary N) is 2. The average Bonchev–Trinajstić information content (AvgIpc) is 3.36. The van der Waals surface area contributed by atoms with E-state index in [1.165, 1.54) is 18.9 Å². The molecular weight excluding hydrogens is 390 g/mol. The molecule has 2 atom stereocenters. The fraction of sp³-hybridized carbons (Fsp3) is 0.667. The van der Waals surface area contributed by atoms with Gasteiger partial charge in [-0.1, -0.05) is 19.8 Å². The van der Waals surface area contributed by atoms with E-state index < -0.39 is 9.84 Å². The molecule has 0 radical (unpaired) electrons. The number of amides is 1.